The second kappa shape index (κ2) is 6.51. The fourth-order valence-electron chi connectivity index (χ4n) is 2.54. The van der Waals surface area contributed by atoms with Crippen molar-refractivity contribution < 1.29 is 4.39 Å². The quantitative estimate of drug-likeness (QED) is 0.694. The lowest BCUT2D eigenvalue weighted by molar-refractivity contribution is 0.364. The molecule has 1 fully saturated rings. The second-order valence-corrected chi connectivity index (χ2v) is 5.29. The van der Waals surface area contributed by atoms with E-state index in [1.165, 1.54) is 6.34 Å². The molecule has 0 saturated carbocycles. The Balaban J connectivity index is 1.77. The number of alkyl halides is 1. The molecule has 3 rings (SSSR count). The predicted molar refractivity (Wildman–Crippen MR) is 85.6 cm³/mol. The summed E-state index contributed by atoms with van der Waals surface area (Å²) in [5.74, 6) is 0.591. The van der Waals surface area contributed by atoms with Gasteiger partial charge in [0.05, 0.1) is 19.4 Å². The molecule has 0 amide bonds. The molecule has 0 spiro atoms. The summed E-state index contributed by atoms with van der Waals surface area (Å²) in [5.41, 5.74) is 8.30. The zero-order chi connectivity index (χ0) is 15.4. The Morgan fingerprint density at radius 3 is 2.82 bits per heavy atom. The van der Waals surface area contributed by atoms with E-state index in [4.69, 9.17) is 5.73 Å². The SMILES string of the molecule is NC=NCc1cccc(-c2cnc(N3CC[C@H](F)C3)nc2)c1. The van der Waals surface area contributed by atoms with Gasteiger partial charge in [0.15, 0.2) is 0 Å². The summed E-state index contributed by atoms with van der Waals surface area (Å²) in [6, 6.07) is 8.01. The number of hydrogen-bond donors (Lipinski definition) is 1. The minimum Gasteiger partial charge on any atom is -0.390 e. The van der Waals surface area contributed by atoms with Crippen molar-refractivity contribution in [3.8, 4) is 11.1 Å². The van der Waals surface area contributed by atoms with Crippen molar-refractivity contribution in [3.63, 3.8) is 0 Å². The fraction of sp³-hybridized carbons (Fsp3) is 0.312. The van der Waals surface area contributed by atoms with E-state index in [9.17, 15) is 4.39 Å². The van der Waals surface area contributed by atoms with E-state index < -0.39 is 6.17 Å². The monoisotopic (exact) mass is 299 g/mol. The molecule has 114 valence electrons. The Morgan fingerprint density at radius 2 is 2.14 bits per heavy atom. The molecule has 6 heteroatoms. The summed E-state index contributed by atoms with van der Waals surface area (Å²) < 4.78 is 13.2. The highest BCUT2D eigenvalue weighted by atomic mass is 19.1. The Kier molecular flexibility index (Phi) is 4.27. The van der Waals surface area contributed by atoms with Gasteiger partial charge in [0, 0.05) is 24.5 Å². The lowest BCUT2D eigenvalue weighted by Crippen LogP contribution is -2.22. The molecule has 0 unspecified atom stereocenters. The Bertz CT molecular complexity index is 656. The van der Waals surface area contributed by atoms with Gasteiger partial charge in [-0.25, -0.2) is 14.4 Å². The number of hydrogen-bond acceptors (Lipinski definition) is 4. The van der Waals surface area contributed by atoms with Crippen molar-refractivity contribution >= 4 is 12.3 Å². The van der Waals surface area contributed by atoms with Crippen molar-refractivity contribution in [3.05, 3.63) is 42.2 Å². The highest BCUT2D eigenvalue weighted by Crippen LogP contribution is 2.22. The summed E-state index contributed by atoms with van der Waals surface area (Å²) in [6.45, 7) is 1.61. The molecule has 1 saturated heterocycles. The largest absolute Gasteiger partial charge is 0.390 e. The van der Waals surface area contributed by atoms with Crippen molar-refractivity contribution in [1.29, 1.82) is 0 Å². The number of nitrogens with zero attached hydrogens (tertiary/aromatic N) is 4. The van der Waals surface area contributed by atoms with Crippen LogP contribution in [-0.4, -0.2) is 35.6 Å². The fourth-order valence-corrected chi connectivity index (χ4v) is 2.54. The smallest absolute Gasteiger partial charge is 0.225 e. The van der Waals surface area contributed by atoms with E-state index in [2.05, 4.69) is 15.0 Å². The van der Waals surface area contributed by atoms with Crippen LogP contribution in [0.2, 0.25) is 0 Å². The molecule has 1 aromatic carbocycles. The molecule has 1 aromatic heterocycles. The summed E-state index contributed by atoms with van der Waals surface area (Å²) in [7, 11) is 0. The number of halogens is 1. The summed E-state index contributed by atoms with van der Waals surface area (Å²) >= 11 is 0. The maximum atomic E-state index is 13.2. The van der Waals surface area contributed by atoms with Crippen molar-refractivity contribution in [2.75, 3.05) is 18.0 Å². The average Bonchev–Trinajstić information content (AvgIpc) is 3.00. The van der Waals surface area contributed by atoms with E-state index >= 15 is 0 Å². The van der Waals surface area contributed by atoms with E-state index in [-0.39, 0.29) is 0 Å². The molecule has 1 atom stereocenters. The Labute approximate surface area is 128 Å². The van der Waals surface area contributed by atoms with Crippen molar-refractivity contribution in [2.45, 2.75) is 19.1 Å². The van der Waals surface area contributed by atoms with Gasteiger partial charge in [0.1, 0.15) is 6.17 Å². The number of aromatic nitrogens is 2. The number of anilines is 1. The van der Waals surface area contributed by atoms with E-state index in [1.54, 1.807) is 12.4 Å². The highest BCUT2D eigenvalue weighted by molar-refractivity contribution is 5.63. The number of rotatable bonds is 4. The molecule has 0 aliphatic carbocycles. The van der Waals surface area contributed by atoms with Crippen LogP contribution >= 0.6 is 0 Å². The lowest BCUT2D eigenvalue weighted by Gasteiger charge is -2.14. The molecule has 2 heterocycles. The molecule has 2 N–H and O–H groups in total. The second-order valence-electron chi connectivity index (χ2n) is 5.29. The maximum Gasteiger partial charge on any atom is 0.225 e. The zero-order valence-corrected chi connectivity index (χ0v) is 12.2. The van der Waals surface area contributed by atoms with Crippen molar-refractivity contribution in [2.24, 2.45) is 10.7 Å². The predicted octanol–water partition coefficient (Wildman–Crippen LogP) is 2.18. The molecule has 2 aromatic rings. The normalized spacial score (nSPS) is 18.2. The minimum absolute atomic E-state index is 0.381. The first kappa shape index (κ1) is 14.4. The highest BCUT2D eigenvalue weighted by Gasteiger charge is 2.23. The van der Waals surface area contributed by atoms with E-state index in [0.29, 0.717) is 32.0 Å². The molecule has 0 radical (unpaired) electrons. The maximum absolute atomic E-state index is 13.2. The van der Waals surface area contributed by atoms with Crippen LogP contribution in [0.1, 0.15) is 12.0 Å². The van der Waals surface area contributed by atoms with Gasteiger partial charge in [-0.05, 0) is 23.6 Å². The molecule has 1 aliphatic heterocycles. The van der Waals surface area contributed by atoms with Crippen LogP contribution < -0.4 is 10.6 Å². The summed E-state index contributed by atoms with van der Waals surface area (Å²) in [6.07, 6.45) is 4.63. The Morgan fingerprint density at radius 1 is 1.32 bits per heavy atom. The molecular weight excluding hydrogens is 281 g/mol. The van der Waals surface area contributed by atoms with Gasteiger partial charge >= 0.3 is 0 Å². The van der Waals surface area contributed by atoms with Gasteiger partial charge < -0.3 is 10.6 Å². The van der Waals surface area contributed by atoms with Crippen LogP contribution in [0.25, 0.3) is 11.1 Å². The van der Waals surface area contributed by atoms with Gasteiger partial charge in [-0.2, -0.15) is 0 Å². The number of aliphatic imine (C=N–C) groups is 1. The molecule has 22 heavy (non-hydrogen) atoms. The van der Waals surface area contributed by atoms with E-state index in [1.807, 2.05) is 29.2 Å². The zero-order valence-electron chi connectivity index (χ0n) is 12.2. The van der Waals surface area contributed by atoms with Crippen LogP contribution in [0.5, 0.6) is 0 Å². The van der Waals surface area contributed by atoms with Crippen LogP contribution in [0.3, 0.4) is 0 Å². The number of nitrogens with two attached hydrogens (primary N) is 1. The minimum atomic E-state index is -0.775. The summed E-state index contributed by atoms with van der Waals surface area (Å²) in [4.78, 5) is 14.6. The van der Waals surface area contributed by atoms with Crippen LogP contribution in [-0.2, 0) is 6.54 Å². The van der Waals surface area contributed by atoms with Gasteiger partial charge in [-0.3, -0.25) is 4.99 Å². The first-order valence-corrected chi connectivity index (χ1v) is 7.26. The Hall–Kier alpha value is -2.50. The molecule has 1 aliphatic rings. The first-order valence-electron chi connectivity index (χ1n) is 7.26. The molecule has 5 nitrogen and oxygen atoms in total. The molecular formula is C16H18FN5. The third kappa shape index (κ3) is 3.21. The summed E-state index contributed by atoms with van der Waals surface area (Å²) in [5, 5.41) is 0. The standard InChI is InChI=1S/C16H18FN5/c17-15-4-5-22(10-15)16-20-8-14(9-21-16)13-3-1-2-12(6-13)7-19-11-18/h1-3,6,8-9,11,15H,4-5,7,10H2,(H2,18,19)/t15-/m0/s1. The van der Waals surface area contributed by atoms with Crippen molar-refractivity contribution in [1.82, 2.24) is 9.97 Å². The average molecular weight is 299 g/mol. The van der Waals surface area contributed by atoms with Gasteiger partial charge in [-0.15, -0.1) is 0 Å². The van der Waals surface area contributed by atoms with E-state index in [0.717, 1.165) is 16.7 Å². The third-order valence-corrected chi connectivity index (χ3v) is 3.69. The number of benzene rings is 1. The lowest BCUT2D eigenvalue weighted by atomic mass is 10.1. The third-order valence-electron chi connectivity index (χ3n) is 3.69. The van der Waals surface area contributed by atoms with Crippen LogP contribution in [0.4, 0.5) is 10.3 Å². The van der Waals surface area contributed by atoms with Crippen LogP contribution in [0, 0.1) is 0 Å². The van der Waals surface area contributed by atoms with Crippen LogP contribution in [0.15, 0.2) is 41.7 Å². The first-order chi connectivity index (χ1) is 10.8. The molecule has 0 bridgehead atoms. The van der Waals surface area contributed by atoms with Gasteiger partial charge in [-0.1, -0.05) is 18.2 Å². The topological polar surface area (TPSA) is 67.4 Å². The van der Waals surface area contributed by atoms with Gasteiger partial charge in [0.25, 0.3) is 0 Å². The van der Waals surface area contributed by atoms with Gasteiger partial charge in [0.2, 0.25) is 5.95 Å².